The number of hydrogen-bond donors (Lipinski definition) is 0. The van der Waals surface area contributed by atoms with E-state index >= 15 is 0 Å². The van der Waals surface area contributed by atoms with Crippen LogP contribution in [0.2, 0.25) is 0 Å². The normalized spacial score (nSPS) is 14.3. The number of ether oxygens (including phenoxy) is 1. The van der Waals surface area contributed by atoms with Crippen LogP contribution in [-0.4, -0.2) is 21.6 Å². The maximum Gasteiger partial charge on any atom is 0.262 e. The molecule has 3 aromatic heterocycles. The molecule has 1 aliphatic carbocycles. The van der Waals surface area contributed by atoms with Crippen LogP contribution < -0.4 is 10.3 Å². The Labute approximate surface area is 156 Å². The lowest BCUT2D eigenvalue weighted by atomic mass is 10.1. The number of thiophene rings is 1. The largest absolute Gasteiger partial charge is 0.496 e. The topological polar surface area (TPSA) is 57.0 Å². The summed E-state index contributed by atoms with van der Waals surface area (Å²) in [5.74, 6) is 0.835. The van der Waals surface area contributed by atoms with Crippen LogP contribution in [0.1, 0.15) is 46.5 Å². The van der Waals surface area contributed by atoms with E-state index in [4.69, 9.17) is 4.74 Å². The van der Waals surface area contributed by atoms with Crippen LogP contribution in [0, 0.1) is 13.8 Å². The second-order valence-corrected chi connectivity index (χ2v) is 8.05. The van der Waals surface area contributed by atoms with Crippen molar-refractivity contribution in [3.8, 4) is 5.75 Å². The van der Waals surface area contributed by atoms with Crippen LogP contribution in [0.3, 0.4) is 0 Å². The third-order valence-electron chi connectivity index (χ3n) is 5.26. The van der Waals surface area contributed by atoms with Crippen LogP contribution in [0.5, 0.6) is 5.75 Å². The first-order chi connectivity index (χ1) is 12.6. The maximum atomic E-state index is 13.2. The lowest BCUT2D eigenvalue weighted by Gasteiger charge is -2.13. The van der Waals surface area contributed by atoms with Crippen molar-refractivity contribution in [1.29, 1.82) is 0 Å². The second-order valence-electron chi connectivity index (χ2n) is 6.97. The van der Waals surface area contributed by atoms with Crippen LogP contribution in [0.15, 0.2) is 17.3 Å². The van der Waals surface area contributed by atoms with E-state index < -0.39 is 0 Å². The molecule has 0 fully saturated rings. The molecule has 0 unspecified atom stereocenters. The minimum atomic E-state index is 0.0511. The molecule has 0 saturated carbocycles. The first kappa shape index (κ1) is 17.2. The summed E-state index contributed by atoms with van der Waals surface area (Å²) in [4.78, 5) is 24.5. The molecule has 0 aromatic carbocycles. The highest BCUT2D eigenvalue weighted by atomic mass is 32.1. The molecule has 136 valence electrons. The predicted molar refractivity (Wildman–Crippen MR) is 105 cm³/mol. The zero-order chi connectivity index (χ0) is 18.3. The molecule has 0 N–H and O–H groups in total. The molecule has 0 amide bonds. The summed E-state index contributed by atoms with van der Waals surface area (Å²) in [7, 11) is 1.67. The molecule has 0 radical (unpaired) electrons. The molecule has 3 aromatic rings. The van der Waals surface area contributed by atoms with E-state index in [1.165, 1.54) is 23.3 Å². The summed E-state index contributed by atoms with van der Waals surface area (Å²) in [5.41, 5.74) is 4.11. The predicted octanol–water partition coefficient (Wildman–Crippen LogP) is 3.80. The Bertz CT molecular complexity index is 1040. The smallest absolute Gasteiger partial charge is 0.262 e. The second kappa shape index (κ2) is 6.83. The van der Waals surface area contributed by atoms with Crippen LogP contribution >= 0.6 is 11.3 Å². The number of pyridine rings is 1. The Balaban J connectivity index is 1.80. The Hall–Kier alpha value is -2.21. The van der Waals surface area contributed by atoms with Crippen molar-refractivity contribution in [2.24, 2.45) is 0 Å². The number of rotatable bonds is 3. The SMILES string of the molecule is COc1c(C)cnc(Cn2cnc3sc4c(c3c2=O)CCCCC4)c1C. The zero-order valence-electron chi connectivity index (χ0n) is 15.5. The van der Waals surface area contributed by atoms with Gasteiger partial charge in [0.1, 0.15) is 10.6 Å². The van der Waals surface area contributed by atoms with Gasteiger partial charge in [0.2, 0.25) is 0 Å². The Morgan fingerprint density at radius 1 is 1.19 bits per heavy atom. The van der Waals surface area contributed by atoms with Crippen molar-refractivity contribution in [3.05, 3.63) is 50.1 Å². The summed E-state index contributed by atoms with van der Waals surface area (Å²) in [5, 5.41) is 0.825. The maximum absolute atomic E-state index is 13.2. The number of aromatic nitrogens is 3. The van der Waals surface area contributed by atoms with Gasteiger partial charge in [0.05, 0.1) is 31.1 Å². The van der Waals surface area contributed by atoms with Crippen LogP contribution in [-0.2, 0) is 19.4 Å². The van der Waals surface area contributed by atoms with Crippen molar-refractivity contribution in [2.75, 3.05) is 7.11 Å². The molecule has 0 bridgehead atoms. The Kier molecular flexibility index (Phi) is 4.53. The van der Waals surface area contributed by atoms with Gasteiger partial charge in [-0.2, -0.15) is 0 Å². The van der Waals surface area contributed by atoms with E-state index in [0.717, 1.165) is 52.0 Å². The summed E-state index contributed by atoms with van der Waals surface area (Å²) >= 11 is 1.69. The van der Waals surface area contributed by atoms with Gasteiger partial charge in [-0.3, -0.25) is 14.3 Å². The van der Waals surface area contributed by atoms with Gasteiger partial charge >= 0.3 is 0 Å². The summed E-state index contributed by atoms with van der Waals surface area (Å²) in [6, 6.07) is 0. The summed E-state index contributed by atoms with van der Waals surface area (Å²) < 4.78 is 7.17. The van der Waals surface area contributed by atoms with E-state index in [1.54, 1.807) is 35.5 Å². The van der Waals surface area contributed by atoms with Crippen molar-refractivity contribution in [3.63, 3.8) is 0 Å². The minimum absolute atomic E-state index is 0.0511. The van der Waals surface area contributed by atoms with Gasteiger partial charge in [0, 0.05) is 22.2 Å². The molecule has 0 atom stereocenters. The number of fused-ring (bicyclic) bond motifs is 3. The average molecular weight is 369 g/mol. The highest BCUT2D eigenvalue weighted by Crippen LogP contribution is 2.32. The molecule has 0 spiro atoms. The highest BCUT2D eigenvalue weighted by molar-refractivity contribution is 7.18. The first-order valence-corrected chi connectivity index (χ1v) is 9.90. The van der Waals surface area contributed by atoms with E-state index in [9.17, 15) is 4.79 Å². The van der Waals surface area contributed by atoms with Gasteiger partial charge in [-0.15, -0.1) is 11.3 Å². The number of methoxy groups -OCH3 is 1. The summed E-state index contributed by atoms with van der Waals surface area (Å²) in [6.07, 6.45) is 9.13. The molecule has 1 aliphatic rings. The fourth-order valence-electron chi connectivity index (χ4n) is 3.86. The molecule has 5 nitrogen and oxygen atoms in total. The number of hydrogen-bond acceptors (Lipinski definition) is 5. The minimum Gasteiger partial charge on any atom is -0.496 e. The van der Waals surface area contributed by atoms with E-state index in [0.29, 0.717) is 6.54 Å². The fraction of sp³-hybridized carbons (Fsp3) is 0.450. The van der Waals surface area contributed by atoms with E-state index in [-0.39, 0.29) is 5.56 Å². The highest BCUT2D eigenvalue weighted by Gasteiger charge is 2.19. The lowest BCUT2D eigenvalue weighted by molar-refractivity contribution is 0.406. The third-order valence-corrected chi connectivity index (χ3v) is 6.46. The quantitative estimate of drug-likeness (QED) is 0.659. The lowest BCUT2D eigenvalue weighted by Crippen LogP contribution is -2.22. The van der Waals surface area contributed by atoms with E-state index in [1.807, 2.05) is 13.8 Å². The monoisotopic (exact) mass is 369 g/mol. The fourth-order valence-corrected chi connectivity index (χ4v) is 5.08. The standard InChI is InChI=1S/C20H23N3O2S/c1-12-9-21-15(13(2)18(12)25-3)10-23-11-22-19-17(20(23)24)14-7-5-4-6-8-16(14)26-19/h9,11H,4-8,10H2,1-3H3. The van der Waals surface area contributed by atoms with Gasteiger partial charge in [-0.1, -0.05) is 6.42 Å². The number of aryl methyl sites for hydroxylation is 3. The van der Waals surface area contributed by atoms with Crippen molar-refractivity contribution in [1.82, 2.24) is 14.5 Å². The third kappa shape index (κ3) is 2.82. The number of nitrogens with zero attached hydrogens (tertiary/aromatic N) is 3. The molecule has 0 saturated heterocycles. The molecule has 0 aliphatic heterocycles. The first-order valence-electron chi connectivity index (χ1n) is 9.09. The van der Waals surface area contributed by atoms with Gasteiger partial charge in [0.25, 0.3) is 5.56 Å². The molecule has 3 heterocycles. The molecule has 6 heteroatoms. The molecular formula is C20H23N3O2S. The summed E-state index contributed by atoms with van der Waals surface area (Å²) in [6.45, 7) is 4.37. The zero-order valence-corrected chi connectivity index (χ0v) is 16.3. The Morgan fingerprint density at radius 3 is 2.81 bits per heavy atom. The van der Waals surface area contributed by atoms with E-state index in [2.05, 4.69) is 9.97 Å². The average Bonchev–Trinajstić information content (AvgIpc) is 2.82. The molecule has 4 rings (SSSR count). The van der Waals surface area contributed by atoms with Crippen molar-refractivity contribution < 1.29 is 4.74 Å². The molecule has 26 heavy (non-hydrogen) atoms. The van der Waals surface area contributed by atoms with Gasteiger partial charge in [-0.05, 0) is 45.1 Å². The van der Waals surface area contributed by atoms with Gasteiger partial charge in [0.15, 0.2) is 0 Å². The molecular weight excluding hydrogens is 346 g/mol. The van der Waals surface area contributed by atoms with Crippen LogP contribution in [0.25, 0.3) is 10.2 Å². The van der Waals surface area contributed by atoms with Crippen LogP contribution in [0.4, 0.5) is 0 Å². The van der Waals surface area contributed by atoms with Crippen molar-refractivity contribution >= 4 is 21.6 Å². The van der Waals surface area contributed by atoms with Crippen molar-refractivity contribution in [2.45, 2.75) is 52.5 Å². The van der Waals surface area contributed by atoms with Gasteiger partial charge < -0.3 is 4.74 Å². The Morgan fingerprint density at radius 2 is 2.00 bits per heavy atom. The van der Waals surface area contributed by atoms with Gasteiger partial charge in [-0.25, -0.2) is 4.98 Å².